The van der Waals surface area contributed by atoms with Crippen LogP contribution in [0.15, 0.2) is 18.3 Å². The molecular weight excluding hydrogens is 281 g/mol. The maximum Gasteiger partial charge on any atom is 0.416 e. The van der Waals surface area contributed by atoms with Gasteiger partial charge in [-0.3, -0.25) is 0 Å². The predicted molar refractivity (Wildman–Crippen MR) is 64.5 cm³/mol. The van der Waals surface area contributed by atoms with Crippen molar-refractivity contribution in [1.29, 1.82) is 0 Å². The Kier molecular flexibility index (Phi) is 3.71. The van der Waals surface area contributed by atoms with E-state index in [9.17, 15) is 21.6 Å². The first-order valence-electron chi connectivity index (χ1n) is 5.74. The second-order valence-corrected chi connectivity index (χ2v) is 6.81. The zero-order chi connectivity index (χ0) is 14.1. The molecule has 1 aromatic rings. The number of halogens is 3. The van der Waals surface area contributed by atoms with Gasteiger partial charge in [0.2, 0.25) is 0 Å². The molecule has 1 unspecified atom stereocenters. The molecule has 0 amide bonds. The zero-order valence-corrected chi connectivity index (χ0v) is 10.8. The number of pyridine rings is 1. The molecule has 1 saturated heterocycles. The average Bonchev–Trinajstić information content (AvgIpc) is 2.66. The molecule has 1 aromatic heterocycles. The first kappa shape index (κ1) is 14.1. The molecule has 1 fully saturated rings. The Morgan fingerprint density at radius 1 is 1.42 bits per heavy atom. The largest absolute Gasteiger partial charge is 0.416 e. The molecule has 1 atom stereocenters. The van der Waals surface area contributed by atoms with E-state index < -0.39 is 21.6 Å². The van der Waals surface area contributed by atoms with Crippen molar-refractivity contribution in [2.45, 2.75) is 12.6 Å². The van der Waals surface area contributed by atoms with E-state index in [1.807, 2.05) is 0 Å². The number of alkyl halides is 3. The Labute approximate surface area is 109 Å². The van der Waals surface area contributed by atoms with Crippen molar-refractivity contribution in [1.82, 2.24) is 4.98 Å². The summed E-state index contributed by atoms with van der Waals surface area (Å²) in [7, 11) is -2.97. The molecule has 0 radical (unpaired) electrons. The molecule has 2 rings (SSSR count). The van der Waals surface area contributed by atoms with Gasteiger partial charge in [-0.1, -0.05) is 0 Å². The summed E-state index contributed by atoms with van der Waals surface area (Å²) in [4.78, 5) is 3.79. The van der Waals surface area contributed by atoms with E-state index >= 15 is 0 Å². The topological polar surface area (TPSA) is 59.1 Å². The van der Waals surface area contributed by atoms with Crippen LogP contribution in [0.5, 0.6) is 0 Å². The van der Waals surface area contributed by atoms with Crippen molar-refractivity contribution >= 4 is 15.7 Å². The van der Waals surface area contributed by atoms with Gasteiger partial charge in [-0.15, -0.1) is 0 Å². The molecule has 0 spiro atoms. The Morgan fingerprint density at radius 2 is 2.16 bits per heavy atom. The van der Waals surface area contributed by atoms with Gasteiger partial charge in [0.15, 0.2) is 9.84 Å². The Hall–Kier alpha value is -1.31. The van der Waals surface area contributed by atoms with E-state index in [1.165, 1.54) is 0 Å². The van der Waals surface area contributed by atoms with Gasteiger partial charge < -0.3 is 5.32 Å². The third-order valence-electron chi connectivity index (χ3n) is 2.99. The Bertz CT molecular complexity index is 557. The van der Waals surface area contributed by atoms with Crippen LogP contribution < -0.4 is 5.32 Å². The summed E-state index contributed by atoms with van der Waals surface area (Å²) in [5.41, 5.74) is -0.774. The summed E-state index contributed by atoms with van der Waals surface area (Å²) in [5.74, 6) is 0.273. The standard InChI is InChI=1S/C11H13F3N2O2S/c12-11(13,14)9-1-3-15-10(5-9)16-6-8-2-4-19(17,18)7-8/h1,3,5,8H,2,4,6-7H2,(H,15,16). The summed E-state index contributed by atoms with van der Waals surface area (Å²) < 4.78 is 59.9. The van der Waals surface area contributed by atoms with E-state index in [2.05, 4.69) is 10.3 Å². The summed E-state index contributed by atoms with van der Waals surface area (Å²) in [6.07, 6.45) is -2.79. The molecule has 1 aliphatic rings. The molecule has 8 heteroatoms. The molecule has 0 aromatic carbocycles. The van der Waals surface area contributed by atoms with Crippen LogP contribution in [0, 0.1) is 5.92 Å². The summed E-state index contributed by atoms with van der Waals surface area (Å²) in [5, 5.41) is 2.76. The highest BCUT2D eigenvalue weighted by Crippen LogP contribution is 2.30. The van der Waals surface area contributed by atoms with Gasteiger partial charge >= 0.3 is 6.18 Å². The van der Waals surface area contributed by atoms with Gasteiger partial charge in [-0.2, -0.15) is 13.2 Å². The number of hydrogen-bond donors (Lipinski definition) is 1. The minimum atomic E-state index is -4.41. The van der Waals surface area contributed by atoms with Gasteiger partial charge in [0.1, 0.15) is 5.82 Å². The van der Waals surface area contributed by atoms with Crippen LogP contribution in [0.4, 0.5) is 19.0 Å². The predicted octanol–water partition coefficient (Wildman–Crippen LogP) is 1.95. The quantitative estimate of drug-likeness (QED) is 0.925. The van der Waals surface area contributed by atoms with E-state index in [0.717, 1.165) is 18.3 Å². The van der Waals surface area contributed by atoms with Crippen LogP contribution >= 0.6 is 0 Å². The van der Waals surface area contributed by atoms with Gasteiger partial charge in [-0.25, -0.2) is 13.4 Å². The third-order valence-corrected chi connectivity index (χ3v) is 4.82. The van der Waals surface area contributed by atoms with Crippen molar-refractivity contribution in [3.05, 3.63) is 23.9 Å². The van der Waals surface area contributed by atoms with Crippen LogP contribution in [0.2, 0.25) is 0 Å². The van der Waals surface area contributed by atoms with Gasteiger partial charge in [0, 0.05) is 12.7 Å². The van der Waals surface area contributed by atoms with Crippen molar-refractivity contribution < 1.29 is 21.6 Å². The highest BCUT2D eigenvalue weighted by Gasteiger charge is 2.31. The number of sulfone groups is 1. The minimum absolute atomic E-state index is 0.0682. The monoisotopic (exact) mass is 294 g/mol. The highest BCUT2D eigenvalue weighted by atomic mass is 32.2. The highest BCUT2D eigenvalue weighted by molar-refractivity contribution is 7.91. The lowest BCUT2D eigenvalue weighted by Gasteiger charge is -2.12. The normalized spacial score (nSPS) is 22.4. The molecule has 4 nitrogen and oxygen atoms in total. The number of aromatic nitrogens is 1. The molecule has 0 saturated carbocycles. The van der Waals surface area contributed by atoms with E-state index in [-0.39, 0.29) is 23.2 Å². The molecule has 1 N–H and O–H groups in total. The fourth-order valence-electron chi connectivity index (χ4n) is 1.99. The zero-order valence-electron chi connectivity index (χ0n) is 9.94. The number of rotatable bonds is 3. The lowest BCUT2D eigenvalue weighted by Crippen LogP contribution is -2.16. The maximum absolute atomic E-state index is 12.5. The first-order chi connectivity index (χ1) is 8.76. The minimum Gasteiger partial charge on any atom is -0.370 e. The number of hydrogen-bond acceptors (Lipinski definition) is 4. The van der Waals surface area contributed by atoms with Gasteiger partial charge in [0.05, 0.1) is 17.1 Å². The van der Waals surface area contributed by atoms with Crippen molar-refractivity contribution in [2.75, 3.05) is 23.4 Å². The van der Waals surface area contributed by atoms with Crippen molar-refractivity contribution in [2.24, 2.45) is 5.92 Å². The second-order valence-electron chi connectivity index (χ2n) is 4.58. The van der Waals surface area contributed by atoms with E-state index in [1.54, 1.807) is 0 Å². The maximum atomic E-state index is 12.5. The van der Waals surface area contributed by atoms with Gasteiger partial charge in [-0.05, 0) is 24.5 Å². The van der Waals surface area contributed by atoms with Gasteiger partial charge in [0.25, 0.3) is 0 Å². The average molecular weight is 294 g/mol. The second kappa shape index (κ2) is 4.99. The Morgan fingerprint density at radius 3 is 2.74 bits per heavy atom. The lowest BCUT2D eigenvalue weighted by atomic mass is 10.1. The summed E-state index contributed by atoms with van der Waals surface area (Å²) in [6.45, 7) is 0.313. The number of nitrogens with zero attached hydrogens (tertiary/aromatic N) is 1. The summed E-state index contributed by atoms with van der Waals surface area (Å²) in [6, 6.07) is 1.81. The molecule has 1 aliphatic heterocycles. The molecule has 19 heavy (non-hydrogen) atoms. The third kappa shape index (κ3) is 3.82. The fourth-order valence-corrected chi connectivity index (χ4v) is 3.85. The van der Waals surface area contributed by atoms with Crippen LogP contribution in [0.3, 0.4) is 0 Å². The van der Waals surface area contributed by atoms with Crippen molar-refractivity contribution in [3.63, 3.8) is 0 Å². The van der Waals surface area contributed by atoms with Crippen molar-refractivity contribution in [3.8, 4) is 0 Å². The SMILES string of the molecule is O=S1(=O)CCC(CNc2cc(C(F)(F)F)ccn2)C1. The van der Waals surface area contributed by atoms with Crippen LogP contribution in [-0.2, 0) is 16.0 Å². The van der Waals surface area contributed by atoms with E-state index in [4.69, 9.17) is 0 Å². The molecular formula is C11H13F3N2O2S. The molecule has 2 heterocycles. The summed E-state index contributed by atoms with van der Waals surface area (Å²) >= 11 is 0. The smallest absolute Gasteiger partial charge is 0.370 e. The molecule has 106 valence electrons. The Balaban J connectivity index is 1.97. The van der Waals surface area contributed by atoms with Crippen LogP contribution in [-0.4, -0.2) is 31.5 Å². The lowest BCUT2D eigenvalue weighted by molar-refractivity contribution is -0.137. The van der Waals surface area contributed by atoms with Crippen LogP contribution in [0.1, 0.15) is 12.0 Å². The number of nitrogens with one attached hydrogen (secondary N) is 1. The fraction of sp³-hybridized carbons (Fsp3) is 0.545. The van der Waals surface area contributed by atoms with E-state index in [0.29, 0.717) is 13.0 Å². The number of anilines is 1. The van der Waals surface area contributed by atoms with Crippen LogP contribution in [0.25, 0.3) is 0 Å². The molecule has 0 bridgehead atoms. The first-order valence-corrected chi connectivity index (χ1v) is 7.56. The molecule has 0 aliphatic carbocycles.